The van der Waals surface area contributed by atoms with Crippen LogP contribution in [0, 0.1) is 23.0 Å². The Hall–Kier alpha value is -4.66. The lowest BCUT2D eigenvalue weighted by Gasteiger charge is -2.22. The molecular weight excluding hydrogens is 749 g/mol. The lowest BCUT2D eigenvalue weighted by molar-refractivity contribution is -0.137. The van der Waals surface area contributed by atoms with Gasteiger partial charge in [-0.3, -0.25) is 9.69 Å². The quantitative estimate of drug-likeness (QED) is 0.141. The molecule has 0 saturated carbocycles. The average Bonchev–Trinajstić information content (AvgIpc) is 3.94. The van der Waals surface area contributed by atoms with Crippen molar-refractivity contribution in [3.63, 3.8) is 0 Å². The second kappa shape index (κ2) is 17.9. The van der Waals surface area contributed by atoms with Gasteiger partial charge >= 0.3 is 12.2 Å². The van der Waals surface area contributed by atoms with Crippen LogP contribution in [0.4, 0.5) is 37.2 Å². The van der Waals surface area contributed by atoms with Crippen LogP contribution in [-0.4, -0.2) is 90.9 Å². The number of nitriles is 1. The van der Waals surface area contributed by atoms with Gasteiger partial charge in [-0.15, -0.1) is 11.3 Å². The fraction of sp³-hybridized carbons (Fsp3) is 0.474. The van der Waals surface area contributed by atoms with Gasteiger partial charge in [-0.1, -0.05) is 12.1 Å². The fourth-order valence-electron chi connectivity index (χ4n) is 7.35. The number of nitrogens with two attached hydrogens (primary N) is 1. The molecule has 0 aliphatic carbocycles. The minimum absolute atomic E-state index is 0.0444. The van der Waals surface area contributed by atoms with Crippen molar-refractivity contribution in [3.05, 3.63) is 53.1 Å². The van der Waals surface area contributed by atoms with E-state index in [-0.39, 0.29) is 61.9 Å². The largest absolute Gasteiger partial charge is 0.467 e. The molecule has 10 nitrogen and oxygen atoms in total. The Balaban J connectivity index is 0.000000213. The first kappa shape index (κ1) is 41.5. The number of halogens is 6. The van der Waals surface area contributed by atoms with Gasteiger partial charge in [0.05, 0.1) is 35.6 Å². The molecule has 1 amide bonds. The first-order valence-corrected chi connectivity index (χ1v) is 18.7. The summed E-state index contributed by atoms with van der Waals surface area (Å²) in [5, 5.41) is 11.8. The Morgan fingerprint density at radius 1 is 1.18 bits per heavy atom. The highest BCUT2D eigenvalue weighted by Gasteiger charge is 2.38. The number of fused-ring (bicyclic) bond motifs is 3. The number of aromatic nitrogens is 2. The molecule has 0 spiro atoms. The van der Waals surface area contributed by atoms with Crippen molar-refractivity contribution in [1.29, 1.82) is 5.26 Å². The minimum Gasteiger partial charge on any atom is -0.467 e. The molecule has 4 aromatic rings. The normalized spacial score (nSPS) is 19.6. The number of allylic oxidation sites excluding steroid dienone is 1. The summed E-state index contributed by atoms with van der Waals surface area (Å²) in [7, 11) is 2.91. The van der Waals surface area contributed by atoms with Gasteiger partial charge in [0.1, 0.15) is 34.4 Å². The molecule has 55 heavy (non-hydrogen) atoms. The molecular formula is C38H43F6N7O3S. The van der Waals surface area contributed by atoms with Gasteiger partial charge in [0.25, 0.3) is 0 Å². The molecule has 3 aliphatic heterocycles. The van der Waals surface area contributed by atoms with E-state index in [1.54, 1.807) is 32.3 Å². The summed E-state index contributed by atoms with van der Waals surface area (Å²) < 4.78 is 95.3. The highest BCUT2D eigenvalue weighted by atomic mass is 32.1. The standard InChI is InChI=1S/C21H14F5N5OS.C10H17NO2.C7H12FN/c1-3-29-19-9-6-11(21(24,25)26)14(15(23)16(9)30-20(31-19)32-2)8-4-5-12(22)17-13(8)10(7-27)18(28)33-17;1-3-5-10(12)11-7-4-6-9(11)8-13-2;8-6-4-7-2-1-3-9(7)5-6/h4-6H,3,28H2,1-2H3,(H,29,30,31);3,5,9H,4,6-8H2,1-2H3;6-7H,1-5H2/b;5-3+;. The third kappa shape index (κ3) is 8.92. The van der Waals surface area contributed by atoms with Gasteiger partial charge in [0, 0.05) is 49.1 Å². The van der Waals surface area contributed by atoms with Gasteiger partial charge in [0.2, 0.25) is 5.91 Å². The molecule has 5 heterocycles. The molecule has 0 bridgehead atoms. The van der Waals surface area contributed by atoms with Crippen LogP contribution in [0.15, 0.2) is 30.4 Å². The van der Waals surface area contributed by atoms with E-state index < -0.39 is 40.6 Å². The summed E-state index contributed by atoms with van der Waals surface area (Å²) in [6.45, 7) is 7.23. The van der Waals surface area contributed by atoms with E-state index in [0.29, 0.717) is 30.5 Å². The second-order valence-corrected chi connectivity index (χ2v) is 14.3. The number of ether oxygens (including phenoxy) is 2. The first-order valence-electron chi connectivity index (χ1n) is 17.9. The maximum absolute atomic E-state index is 15.9. The molecule has 7 rings (SSSR count). The number of methoxy groups -OCH3 is 2. The van der Waals surface area contributed by atoms with Gasteiger partial charge in [-0.25, -0.2) is 13.2 Å². The molecule has 3 aliphatic rings. The summed E-state index contributed by atoms with van der Waals surface area (Å²) in [4.78, 5) is 23.6. The highest BCUT2D eigenvalue weighted by Crippen LogP contribution is 2.47. The lowest BCUT2D eigenvalue weighted by Crippen LogP contribution is -2.36. The molecule has 3 atom stereocenters. The van der Waals surface area contributed by atoms with Gasteiger partial charge in [-0.2, -0.15) is 28.4 Å². The molecule has 2 aromatic carbocycles. The number of hydrogen-bond acceptors (Lipinski definition) is 10. The van der Waals surface area contributed by atoms with Crippen molar-refractivity contribution in [1.82, 2.24) is 19.8 Å². The summed E-state index contributed by atoms with van der Waals surface area (Å²) in [6.07, 6.45) is 3.38. The third-order valence-corrected chi connectivity index (χ3v) is 10.8. The number of likely N-dealkylation sites (tertiary alicyclic amines) is 1. The fourth-order valence-corrected chi connectivity index (χ4v) is 8.30. The van der Waals surface area contributed by atoms with Crippen LogP contribution < -0.4 is 15.8 Å². The van der Waals surface area contributed by atoms with Crippen LogP contribution in [0.3, 0.4) is 0 Å². The number of nitrogens with zero attached hydrogens (tertiary/aromatic N) is 5. The van der Waals surface area contributed by atoms with Gasteiger partial charge in [0.15, 0.2) is 5.82 Å². The molecule has 0 radical (unpaired) electrons. The second-order valence-electron chi connectivity index (χ2n) is 13.3. The zero-order valence-electron chi connectivity index (χ0n) is 30.9. The summed E-state index contributed by atoms with van der Waals surface area (Å²) in [5.41, 5.74) is 2.59. The Bertz CT molecular complexity index is 2070. The van der Waals surface area contributed by atoms with Crippen LogP contribution >= 0.6 is 11.3 Å². The van der Waals surface area contributed by atoms with E-state index in [1.165, 1.54) is 20.0 Å². The number of amides is 1. The molecule has 296 valence electrons. The van der Waals surface area contributed by atoms with Gasteiger partial charge < -0.3 is 25.4 Å². The number of carbonyl (C=O) groups excluding carboxylic acids is 1. The van der Waals surface area contributed by atoms with E-state index in [4.69, 9.17) is 15.2 Å². The average molecular weight is 792 g/mol. The van der Waals surface area contributed by atoms with Crippen molar-refractivity contribution in [2.45, 2.75) is 70.4 Å². The zero-order valence-corrected chi connectivity index (χ0v) is 31.7. The number of nitrogens with one attached hydrogen (secondary N) is 1. The lowest BCUT2D eigenvalue weighted by atomic mass is 9.92. The van der Waals surface area contributed by atoms with Crippen molar-refractivity contribution in [2.75, 3.05) is 58.1 Å². The summed E-state index contributed by atoms with van der Waals surface area (Å²) in [5.74, 6) is -2.04. The van der Waals surface area contributed by atoms with Crippen molar-refractivity contribution in [3.8, 4) is 23.2 Å². The Kier molecular flexibility index (Phi) is 13.5. The van der Waals surface area contributed by atoms with Crippen molar-refractivity contribution in [2.24, 2.45) is 0 Å². The number of alkyl halides is 4. The molecule has 2 aromatic heterocycles. The number of benzene rings is 2. The van der Waals surface area contributed by atoms with Crippen molar-refractivity contribution >= 4 is 49.1 Å². The Morgan fingerprint density at radius 3 is 2.56 bits per heavy atom. The number of hydrogen-bond donors (Lipinski definition) is 2. The predicted octanol–water partition coefficient (Wildman–Crippen LogP) is 8.10. The topological polar surface area (TPSA) is 130 Å². The Morgan fingerprint density at radius 2 is 1.93 bits per heavy atom. The van der Waals surface area contributed by atoms with Crippen molar-refractivity contribution < 1.29 is 40.6 Å². The smallest absolute Gasteiger partial charge is 0.417 e. The maximum atomic E-state index is 15.9. The number of thiophene rings is 1. The van der Waals surface area contributed by atoms with Crippen LogP contribution in [-0.2, 0) is 15.7 Å². The van der Waals surface area contributed by atoms with Crippen LogP contribution in [0.5, 0.6) is 6.01 Å². The molecule has 3 saturated heterocycles. The van der Waals surface area contributed by atoms with Crippen LogP contribution in [0.2, 0.25) is 0 Å². The number of anilines is 2. The van der Waals surface area contributed by atoms with Gasteiger partial charge in [-0.05, 0) is 76.3 Å². The maximum Gasteiger partial charge on any atom is 0.417 e. The first-order chi connectivity index (χ1) is 26.3. The number of rotatable bonds is 7. The number of nitrogen functional groups attached to an aromatic ring is 1. The summed E-state index contributed by atoms with van der Waals surface area (Å²) in [6, 6.07) is 5.04. The van der Waals surface area contributed by atoms with E-state index in [0.717, 1.165) is 50.6 Å². The highest BCUT2D eigenvalue weighted by molar-refractivity contribution is 7.23. The zero-order chi connectivity index (χ0) is 40.0. The van der Waals surface area contributed by atoms with E-state index in [2.05, 4.69) is 20.2 Å². The molecule has 3 N–H and O–H groups in total. The monoisotopic (exact) mass is 791 g/mol. The molecule has 17 heteroatoms. The van der Waals surface area contributed by atoms with Crippen LogP contribution in [0.25, 0.3) is 32.1 Å². The number of carbonyl (C=O) groups is 1. The Labute approximate surface area is 318 Å². The molecule has 3 fully saturated rings. The van der Waals surface area contributed by atoms with E-state index in [1.807, 2.05) is 11.8 Å². The molecule has 3 unspecified atom stereocenters. The summed E-state index contributed by atoms with van der Waals surface area (Å²) >= 11 is 0.698. The van der Waals surface area contributed by atoms with E-state index in [9.17, 15) is 32.0 Å². The third-order valence-electron chi connectivity index (χ3n) is 9.73. The van der Waals surface area contributed by atoms with Crippen LogP contribution in [0.1, 0.15) is 57.1 Å². The minimum atomic E-state index is -5.00. The SMILES string of the molecule is C/C=C/C(=O)N1CCCC1COC.CCNc1nc(OC)nc2c(F)c(-c3ccc(F)c4sc(N)c(C#N)c34)c(C(F)(F)F)cc12.FC1CC2CCCN2C1. The van der Waals surface area contributed by atoms with E-state index >= 15 is 4.39 Å². The predicted molar refractivity (Wildman–Crippen MR) is 201 cm³/mol.